The zero-order valence-electron chi connectivity index (χ0n) is 19.9. The third kappa shape index (κ3) is 4.70. The molecule has 0 saturated carbocycles. The highest BCUT2D eigenvalue weighted by molar-refractivity contribution is 6.31. The largest absolute Gasteiger partial charge is 0.462 e. The average Bonchev–Trinajstić information content (AvgIpc) is 3.16. The molecule has 180 valence electrons. The van der Waals surface area contributed by atoms with Gasteiger partial charge in [-0.05, 0) is 75.2 Å². The number of anilines is 1. The van der Waals surface area contributed by atoms with Gasteiger partial charge >= 0.3 is 5.97 Å². The lowest BCUT2D eigenvalue weighted by Crippen LogP contribution is -2.29. The molecule has 2 aromatic carbocycles. The number of rotatable bonds is 6. The molecule has 8 nitrogen and oxygen atoms in total. The van der Waals surface area contributed by atoms with Gasteiger partial charge < -0.3 is 10.1 Å². The molecule has 0 spiro atoms. The number of hydrogen-bond acceptors (Lipinski definition) is 5. The number of halogens is 1. The van der Waals surface area contributed by atoms with E-state index in [1.807, 2.05) is 32.9 Å². The van der Waals surface area contributed by atoms with Crippen LogP contribution in [0.1, 0.15) is 34.1 Å². The second kappa shape index (κ2) is 9.76. The Morgan fingerprint density at radius 2 is 1.80 bits per heavy atom. The SMILES string of the molecule is CCOC(=O)c1ccc(NC(=O)Cn2c(=O)cc(C)c3c(C)nn(-c4cccc(Cl)c4C)c32)cc1. The fraction of sp³-hybridized carbons (Fsp3) is 0.231. The molecule has 1 amide bonds. The van der Waals surface area contributed by atoms with Crippen LogP contribution in [0, 0.1) is 20.8 Å². The molecule has 35 heavy (non-hydrogen) atoms. The van der Waals surface area contributed by atoms with Crippen molar-refractivity contribution in [2.75, 3.05) is 11.9 Å². The van der Waals surface area contributed by atoms with Crippen LogP contribution in [-0.2, 0) is 16.1 Å². The third-order valence-corrected chi connectivity index (χ3v) is 6.15. The number of carbonyl (C=O) groups is 2. The Labute approximate surface area is 207 Å². The molecule has 4 aromatic rings. The van der Waals surface area contributed by atoms with Crippen LogP contribution in [0.2, 0.25) is 5.02 Å². The topological polar surface area (TPSA) is 95.2 Å². The molecular weight excluding hydrogens is 468 g/mol. The highest BCUT2D eigenvalue weighted by Crippen LogP contribution is 2.28. The number of pyridine rings is 1. The van der Waals surface area contributed by atoms with Crippen LogP contribution >= 0.6 is 11.6 Å². The van der Waals surface area contributed by atoms with Crippen molar-refractivity contribution in [1.82, 2.24) is 14.3 Å². The lowest BCUT2D eigenvalue weighted by molar-refractivity contribution is -0.116. The van der Waals surface area contributed by atoms with Crippen LogP contribution < -0.4 is 10.9 Å². The molecule has 0 aliphatic carbocycles. The number of ether oxygens (including phenoxy) is 1. The Morgan fingerprint density at radius 3 is 2.49 bits per heavy atom. The number of esters is 1. The maximum absolute atomic E-state index is 13.0. The van der Waals surface area contributed by atoms with Crippen molar-refractivity contribution in [3.63, 3.8) is 0 Å². The van der Waals surface area contributed by atoms with Gasteiger partial charge in [-0.3, -0.25) is 14.2 Å². The van der Waals surface area contributed by atoms with E-state index in [2.05, 4.69) is 10.4 Å². The maximum atomic E-state index is 13.0. The Kier molecular flexibility index (Phi) is 6.75. The predicted molar refractivity (Wildman–Crippen MR) is 136 cm³/mol. The smallest absolute Gasteiger partial charge is 0.338 e. The van der Waals surface area contributed by atoms with Crippen LogP contribution in [0.15, 0.2) is 53.3 Å². The maximum Gasteiger partial charge on any atom is 0.338 e. The van der Waals surface area contributed by atoms with E-state index in [1.165, 1.54) is 10.6 Å². The molecule has 0 atom stereocenters. The summed E-state index contributed by atoms with van der Waals surface area (Å²) in [6.07, 6.45) is 0. The van der Waals surface area contributed by atoms with E-state index < -0.39 is 11.9 Å². The second-order valence-corrected chi connectivity index (χ2v) is 8.58. The number of aromatic nitrogens is 3. The van der Waals surface area contributed by atoms with E-state index >= 15 is 0 Å². The quantitative estimate of drug-likeness (QED) is 0.397. The summed E-state index contributed by atoms with van der Waals surface area (Å²) in [4.78, 5) is 37.8. The highest BCUT2D eigenvalue weighted by Gasteiger charge is 2.20. The third-order valence-electron chi connectivity index (χ3n) is 5.74. The first-order valence-corrected chi connectivity index (χ1v) is 11.5. The molecule has 0 fully saturated rings. The Bertz CT molecular complexity index is 1500. The number of carbonyl (C=O) groups excluding carboxylic acids is 2. The first-order chi connectivity index (χ1) is 16.7. The Balaban J connectivity index is 1.71. The minimum Gasteiger partial charge on any atom is -0.462 e. The zero-order chi connectivity index (χ0) is 25.3. The standard InChI is InChI=1S/C26H25ClN4O4/c1-5-35-26(34)18-9-11-19(12-10-18)28-22(32)14-30-23(33)13-15(2)24-17(4)29-31(25(24)30)21-8-6-7-20(27)16(21)3/h6-13H,5,14H2,1-4H3,(H,28,32). The summed E-state index contributed by atoms with van der Waals surface area (Å²) in [6, 6.07) is 13.4. The van der Waals surface area contributed by atoms with Crippen LogP contribution in [0.4, 0.5) is 5.69 Å². The first-order valence-electron chi connectivity index (χ1n) is 11.1. The molecule has 2 heterocycles. The summed E-state index contributed by atoms with van der Waals surface area (Å²) >= 11 is 6.34. The van der Waals surface area contributed by atoms with Crippen LogP contribution in [0.25, 0.3) is 16.7 Å². The highest BCUT2D eigenvalue weighted by atomic mass is 35.5. The Hall–Kier alpha value is -3.91. The number of amides is 1. The fourth-order valence-electron chi connectivity index (χ4n) is 4.06. The molecule has 4 rings (SSSR count). The fourth-order valence-corrected chi connectivity index (χ4v) is 4.23. The average molecular weight is 493 g/mol. The van der Waals surface area contributed by atoms with Crippen LogP contribution in [0.5, 0.6) is 0 Å². The lowest BCUT2D eigenvalue weighted by Gasteiger charge is -2.14. The predicted octanol–water partition coefficient (Wildman–Crippen LogP) is 4.58. The summed E-state index contributed by atoms with van der Waals surface area (Å²) in [6.45, 7) is 7.39. The molecule has 0 unspecified atom stereocenters. The van der Waals surface area contributed by atoms with Gasteiger partial charge in [0.25, 0.3) is 5.56 Å². The molecule has 1 N–H and O–H groups in total. The summed E-state index contributed by atoms with van der Waals surface area (Å²) in [5.74, 6) is -0.826. The molecule has 0 aliphatic rings. The van der Waals surface area contributed by atoms with Crippen LogP contribution in [0.3, 0.4) is 0 Å². The normalized spacial score (nSPS) is 11.0. The van der Waals surface area contributed by atoms with Crippen molar-refractivity contribution in [3.05, 3.63) is 86.3 Å². The molecule has 0 aliphatic heterocycles. The number of nitrogens with one attached hydrogen (secondary N) is 1. The second-order valence-electron chi connectivity index (χ2n) is 8.18. The lowest BCUT2D eigenvalue weighted by atomic mass is 10.1. The number of fused-ring (bicyclic) bond motifs is 1. The monoisotopic (exact) mass is 492 g/mol. The van der Waals surface area contributed by atoms with Crippen molar-refractivity contribution >= 4 is 40.2 Å². The summed E-state index contributed by atoms with van der Waals surface area (Å²) in [7, 11) is 0. The summed E-state index contributed by atoms with van der Waals surface area (Å²) in [5.41, 5.74) is 4.14. The molecule has 0 radical (unpaired) electrons. The van der Waals surface area contributed by atoms with Gasteiger partial charge in [0.05, 0.1) is 23.6 Å². The van der Waals surface area contributed by atoms with Gasteiger partial charge in [0.15, 0.2) is 0 Å². The first kappa shape index (κ1) is 24.2. The van der Waals surface area contributed by atoms with Crippen LogP contribution in [-0.4, -0.2) is 32.8 Å². The van der Waals surface area contributed by atoms with Gasteiger partial charge in [-0.2, -0.15) is 5.10 Å². The van der Waals surface area contributed by atoms with Gasteiger partial charge in [-0.15, -0.1) is 0 Å². The van der Waals surface area contributed by atoms with Gasteiger partial charge in [0.1, 0.15) is 12.2 Å². The van der Waals surface area contributed by atoms with Gasteiger partial charge in [-0.1, -0.05) is 17.7 Å². The van der Waals surface area contributed by atoms with Crippen molar-refractivity contribution in [2.45, 2.75) is 34.2 Å². The van der Waals surface area contributed by atoms with Gasteiger partial charge in [0, 0.05) is 22.2 Å². The van der Waals surface area contributed by atoms with E-state index in [9.17, 15) is 14.4 Å². The molecule has 0 bridgehead atoms. The number of benzene rings is 2. The van der Waals surface area contributed by atoms with E-state index in [4.69, 9.17) is 16.3 Å². The molecule has 9 heteroatoms. The van der Waals surface area contributed by atoms with E-state index in [1.54, 1.807) is 41.9 Å². The number of hydrogen-bond donors (Lipinski definition) is 1. The van der Waals surface area contributed by atoms with Gasteiger partial charge in [-0.25, -0.2) is 9.48 Å². The zero-order valence-corrected chi connectivity index (χ0v) is 20.6. The van der Waals surface area contributed by atoms with E-state index in [-0.39, 0.29) is 18.7 Å². The summed E-state index contributed by atoms with van der Waals surface area (Å²) < 4.78 is 8.05. The van der Waals surface area contributed by atoms with Crippen molar-refractivity contribution in [3.8, 4) is 5.69 Å². The molecule has 2 aromatic heterocycles. The van der Waals surface area contributed by atoms with Crippen molar-refractivity contribution in [1.29, 1.82) is 0 Å². The minimum absolute atomic E-state index is 0.222. The van der Waals surface area contributed by atoms with E-state index in [0.29, 0.717) is 21.9 Å². The minimum atomic E-state index is -0.432. The Morgan fingerprint density at radius 1 is 1.09 bits per heavy atom. The summed E-state index contributed by atoms with van der Waals surface area (Å²) in [5, 5.41) is 8.84. The number of nitrogens with zero attached hydrogens (tertiary/aromatic N) is 3. The molecule has 0 saturated heterocycles. The van der Waals surface area contributed by atoms with E-state index in [0.717, 1.165) is 27.9 Å². The molecular formula is C26H25ClN4O4. The van der Waals surface area contributed by atoms with Crippen molar-refractivity contribution < 1.29 is 14.3 Å². The van der Waals surface area contributed by atoms with Crippen molar-refractivity contribution in [2.24, 2.45) is 0 Å². The van der Waals surface area contributed by atoms with Gasteiger partial charge in [0.2, 0.25) is 5.91 Å². The number of aryl methyl sites for hydroxylation is 2.